The Hall–Kier alpha value is -2.54. The molecule has 0 bridgehead atoms. The van der Waals surface area contributed by atoms with E-state index in [-0.39, 0.29) is 16.0 Å². The first-order chi connectivity index (χ1) is 17.0. The molecular formula is C30H36N4P2. The summed E-state index contributed by atoms with van der Waals surface area (Å²) in [6.07, 6.45) is 8.01. The first-order valence-electron chi connectivity index (χ1n) is 12.3. The molecule has 1 unspecified atom stereocenters. The van der Waals surface area contributed by atoms with Gasteiger partial charge in [-0.25, -0.2) is 19.9 Å². The average Bonchev–Trinajstić information content (AvgIpc) is 2.87. The van der Waals surface area contributed by atoms with Crippen LogP contribution in [0.25, 0.3) is 11.1 Å². The van der Waals surface area contributed by atoms with Crippen molar-refractivity contribution in [1.29, 1.82) is 0 Å². The third kappa shape index (κ3) is 5.26. The number of nitrogens with zero attached hydrogens (tertiary/aromatic N) is 4. The highest BCUT2D eigenvalue weighted by atomic mass is 31.1. The van der Waals surface area contributed by atoms with Crippen LogP contribution >= 0.6 is 17.2 Å². The van der Waals surface area contributed by atoms with Gasteiger partial charge in [-0.05, 0) is 45.2 Å². The van der Waals surface area contributed by atoms with E-state index in [0.29, 0.717) is 0 Å². The van der Waals surface area contributed by atoms with Gasteiger partial charge in [0.25, 0.3) is 0 Å². The molecule has 0 aliphatic rings. The van der Waals surface area contributed by atoms with Crippen molar-refractivity contribution in [2.45, 2.75) is 52.9 Å². The van der Waals surface area contributed by atoms with Gasteiger partial charge in [-0.2, -0.15) is 0 Å². The lowest BCUT2D eigenvalue weighted by Crippen LogP contribution is -2.45. The van der Waals surface area contributed by atoms with Crippen LogP contribution in [0.3, 0.4) is 0 Å². The summed E-state index contributed by atoms with van der Waals surface area (Å²) >= 11 is 0. The van der Waals surface area contributed by atoms with Crippen LogP contribution in [0.4, 0.5) is 0 Å². The third-order valence-electron chi connectivity index (χ3n) is 6.92. The van der Waals surface area contributed by atoms with Crippen LogP contribution in [0.1, 0.15) is 52.7 Å². The van der Waals surface area contributed by atoms with Crippen molar-refractivity contribution in [3.8, 4) is 11.1 Å². The normalized spacial score (nSPS) is 12.7. The molecule has 6 heteroatoms. The number of rotatable bonds is 6. The van der Waals surface area contributed by atoms with Gasteiger partial charge in [0.2, 0.25) is 0 Å². The number of aromatic nitrogens is 4. The molecule has 2 aromatic heterocycles. The van der Waals surface area contributed by atoms with E-state index >= 15 is 0 Å². The summed E-state index contributed by atoms with van der Waals surface area (Å²) in [4.78, 5) is 18.6. The lowest BCUT2D eigenvalue weighted by Gasteiger charge is -2.52. The standard InChI is InChI=1S/C30H36N4P2/c1-28(2,3)30(35,29(4,5)6)25-15-14-23(22-12-8-7-9-13-22)20-24(25)21-36(26-31-16-10-17-32-26)27-33-18-11-19-34-27/h7-20H,21,35H2,1-6H3. The molecule has 2 aromatic carbocycles. The summed E-state index contributed by atoms with van der Waals surface area (Å²) in [5.41, 5.74) is 6.65. The second-order valence-electron chi connectivity index (χ2n) is 11.2. The highest BCUT2D eigenvalue weighted by Gasteiger charge is 2.49. The predicted molar refractivity (Wildman–Crippen MR) is 156 cm³/mol. The summed E-state index contributed by atoms with van der Waals surface area (Å²) < 4.78 is 0. The zero-order valence-corrected chi connectivity index (χ0v) is 24.2. The Morgan fingerprint density at radius 2 is 1.14 bits per heavy atom. The van der Waals surface area contributed by atoms with E-state index in [9.17, 15) is 0 Å². The lowest BCUT2D eigenvalue weighted by molar-refractivity contribution is 0.139. The van der Waals surface area contributed by atoms with Crippen LogP contribution in [0.2, 0.25) is 0 Å². The molecule has 36 heavy (non-hydrogen) atoms. The van der Waals surface area contributed by atoms with Gasteiger partial charge in [0.15, 0.2) is 11.1 Å². The zero-order valence-electron chi connectivity index (χ0n) is 22.1. The second kappa shape index (κ2) is 10.4. The smallest absolute Gasteiger partial charge is 0.158 e. The van der Waals surface area contributed by atoms with Crippen molar-refractivity contribution in [1.82, 2.24) is 19.9 Å². The van der Waals surface area contributed by atoms with Gasteiger partial charge < -0.3 is 0 Å². The fourth-order valence-corrected chi connectivity index (χ4v) is 7.28. The first kappa shape index (κ1) is 26.5. The van der Waals surface area contributed by atoms with Gasteiger partial charge in [0.1, 0.15) is 0 Å². The minimum absolute atomic E-state index is 0.00577. The Labute approximate surface area is 219 Å². The summed E-state index contributed by atoms with van der Waals surface area (Å²) in [5, 5.41) is -0.180. The Kier molecular flexibility index (Phi) is 7.69. The van der Waals surface area contributed by atoms with Crippen molar-refractivity contribution in [2.24, 2.45) is 10.8 Å². The van der Waals surface area contributed by atoms with Crippen LogP contribution < -0.4 is 11.1 Å². The Bertz CT molecular complexity index is 1230. The van der Waals surface area contributed by atoms with E-state index in [4.69, 9.17) is 0 Å². The minimum atomic E-state index is -0.997. The van der Waals surface area contributed by atoms with Crippen molar-refractivity contribution in [3.63, 3.8) is 0 Å². The van der Waals surface area contributed by atoms with Gasteiger partial charge in [-0.1, -0.05) is 90.1 Å². The topological polar surface area (TPSA) is 51.6 Å². The molecule has 0 saturated carbocycles. The molecule has 4 nitrogen and oxygen atoms in total. The van der Waals surface area contributed by atoms with E-state index < -0.39 is 7.92 Å². The zero-order chi connectivity index (χ0) is 26.0. The van der Waals surface area contributed by atoms with Crippen molar-refractivity contribution < 1.29 is 0 Å². The van der Waals surface area contributed by atoms with Crippen LogP contribution in [-0.2, 0) is 11.3 Å². The van der Waals surface area contributed by atoms with Crippen molar-refractivity contribution in [3.05, 3.63) is 96.6 Å². The Morgan fingerprint density at radius 3 is 1.61 bits per heavy atom. The maximum atomic E-state index is 4.65. The fourth-order valence-electron chi connectivity index (χ4n) is 5.11. The van der Waals surface area contributed by atoms with Gasteiger partial charge >= 0.3 is 0 Å². The molecule has 2 heterocycles. The van der Waals surface area contributed by atoms with E-state index in [0.717, 1.165) is 17.3 Å². The minimum Gasteiger partial charge on any atom is -0.237 e. The van der Waals surface area contributed by atoms with Gasteiger partial charge in [0.05, 0.1) is 0 Å². The molecular weight excluding hydrogens is 478 g/mol. The van der Waals surface area contributed by atoms with Gasteiger partial charge in [-0.3, -0.25) is 0 Å². The molecule has 4 aromatic rings. The summed E-state index contributed by atoms with van der Waals surface area (Å²) in [7, 11) is 2.27. The average molecular weight is 515 g/mol. The molecule has 1 atom stereocenters. The highest BCUT2D eigenvalue weighted by Crippen LogP contribution is 2.59. The number of hydrogen-bond donors (Lipinski definition) is 0. The second-order valence-corrected chi connectivity index (χ2v) is 14.1. The maximum absolute atomic E-state index is 4.65. The van der Waals surface area contributed by atoms with Gasteiger partial charge in [0, 0.05) is 44.0 Å². The van der Waals surface area contributed by atoms with E-state index in [1.807, 2.05) is 36.9 Å². The molecule has 0 fully saturated rings. The molecule has 0 aliphatic heterocycles. The quantitative estimate of drug-likeness (QED) is 0.268. The summed E-state index contributed by atoms with van der Waals surface area (Å²) in [5.74, 6) is 0. The monoisotopic (exact) mass is 514 g/mol. The summed E-state index contributed by atoms with van der Waals surface area (Å²) in [6.45, 7) is 14.0. The largest absolute Gasteiger partial charge is 0.237 e. The molecule has 0 N–H and O–H groups in total. The van der Waals surface area contributed by atoms with Crippen LogP contribution in [0.15, 0.2) is 85.5 Å². The molecule has 0 aliphatic carbocycles. The van der Waals surface area contributed by atoms with Crippen LogP contribution in [-0.4, -0.2) is 19.9 Å². The molecule has 0 spiro atoms. The summed E-state index contributed by atoms with van der Waals surface area (Å²) in [6, 6.07) is 21.3. The van der Waals surface area contributed by atoms with Crippen molar-refractivity contribution >= 4 is 28.3 Å². The highest BCUT2D eigenvalue weighted by molar-refractivity contribution is 7.71. The third-order valence-corrected chi connectivity index (χ3v) is 11.0. The van der Waals surface area contributed by atoms with E-state index in [1.54, 1.807) is 0 Å². The van der Waals surface area contributed by atoms with E-state index in [1.165, 1.54) is 22.3 Å². The predicted octanol–water partition coefficient (Wildman–Crippen LogP) is 6.73. The number of benzene rings is 2. The molecule has 0 amide bonds. The SMILES string of the molecule is CC(C)(C)C(P)(c1ccc(-c2ccccc2)cc1CP(c1ncccn1)c1ncccn1)C(C)(C)C. The molecule has 0 saturated heterocycles. The molecule has 4 rings (SSSR count). The first-order valence-corrected chi connectivity index (χ1v) is 14.4. The molecule has 186 valence electrons. The van der Waals surface area contributed by atoms with Gasteiger partial charge in [-0.15, -0.1) is 9.24 Å². The van der Waals surface area contributed by atoms with Crippen molar-refractivity contribution in [2.75, 3.05) is 0 Å². The Morgan fingerprint density at radius 1 is 0.639 bits per heavy atom. The fraction of sp³-hybridized carbons (Fsp3) is 0.333. The van der Waals surface area contributed by atoms with Crippen LogP contribution in [0, 0.1) is 10.8 Å². The lowest BCUT2D eigenvalue weighted by atomic mass is 9.61. The van der Waals surface area contributed by atoms with E-state index in [2.05, 4.69) is 119 Å². The molecule has 0 radical (unpaired) electrons. The van der Waals surface area contributed by atoms with Crippen LogP contribution in [0.5, 0.6) is 0 Å². The Balaban J connectivity index is 1.95. The maximum Gasteiger partial charge on any atom is 0.158 e. The number of hydrogen-bond acceptors (Lipinski definition) is 4.